The predicted octanol–water partition coefficient (Wildman–Crippen LogP) is 4.29. The molecule has 0 radical (unpaired) electrons. The van der Waals surface area contributed by atoms with Gasteiger partial charge in [-0.2, -0.15) is 5.26 Å². The van der Waals surface area contributed by atoms with Crippen molar-refractivity contribution in [2.45, 2.75) is 37.6 Å². The van der Waals surface area contributed by atoms with Gasteiger partial charge in [-0.05, 0) is 49.4 Å². The summed E-state index contributed by atoms with van der Waals surface area (Å²) in [5, 5.41) is 13.7. The van der Waals surface area contributed by atoms with E-state index in [2.05, 4.69) is 21.4 Å². The number of hydrogen-bond acceptors (Lipinski definition) is 6. The van der Waals surface area contributed by atoms with Crippen molar-refractivity contribution in [2.75, 3.05) is 11.1 Å². The Labute approximate surface area is 165 Å². The van der Waals surface area contributed by atoms with Gasteiger partial charge in [-0.1, -0.05) is 23.9 Å². The van der Waals surface area contributed by atoms with E-state index in [4.69, 9.17) is 5.26 Å². The number of hydrogen-bond donors (Lipinski definition) is 1. The summed E-state index contributed by atoms with van der Waals surface area (Å²) in [5.41, 5.74) is 3.06. The van der Waals surface area contributed by atoms with E-state index in [0.717, 1.165) is 45.2 Å². The van der Waals surface area contributed by atoms with Gasteiger partial charge >= 0.3 is 0 Å². The fraction of sp³-hybridized carbons (Fsp3) is 0.300. The molecule has 2 heterocycles. The van der Waals surface area contributed by atoms with Crippen molar-refractivity contribution in [1.82, 2.24) is 9.97 Å². The number of nitrogens with zero attached hydrogens (tertiary/aromatic N) is 3. The molecular formula is C20H18N4OS2. The molecule has 0 bridgehead atoms. The first-order chi connectivity index (χ1) is 13.1. The van der Waals surface area contributed by atoms with Crippen LogP contribution < -0.4 is 5.32 Å². The number of carbonyl (C=O) groups is 1. The Bertz CT molecular complexity index is 1050. The largest absolute Gasteiger partial charge is 0.325 e. The molecule has 1 aliphatic carbocycles. The van der Waals surface area contributed by atoms with Crippen LogP contribution in [-0.4, -0.2) is 21.6 Å². The molecule has 0 saturated carbocycles. The van der Waals surface area contributed by atoms with Crippen LogP contribution in [-0.2, 0) is 24.1 Å². The minimum Gasteiger partial charge on any atom is -0.325 e. The van der Waals surface area contributed by atoms with E-state index < -0.39 is 0 Å². The average molecular weight is 395 g/mol. The third-order valence-corrected chi connectivity index (χ3v) is 6.67. The monoisotopic (exact) mass is 394 g/mol. The molecule has 4 rings (SSSR count). The van der Waals surface area contributed by atoms with Crippen LogP contribution in [0.15, 0.2) is 29.3 Å². The van der Waals surface area contributed by atoms with Crippen molar-refractivity contribution < 1.29 is 4.79 Å². The quantitative estimate of drug-likeness (QED) is 0.516. The SMILES string of the molecule is Cc1nc(SCC(=O)Nc2ccc(CC#N)cc2)c2c3c(sc2n1)CCC3. The molecule has 0 unspecified atom stereocenters. The number of carbonyl (C=O) groups excluding carboxylic acids is 1. The van der Waals surface area contributed by atoms with E-state index in [-0.39, 0.29) is 5.91 Å². The zero-order chi connectivity index (χ0) is 18.8. The third kappa shape index (κ3) is 3.82. The Balaban J connectivity index is 1.47. The lowest BCUT2D eigenvalue weighted by Crippen LogP contribution is -2.14. The highest BCUT2D eigenvalue weighted by molar-refractivity contribution is 8.00. The van der Waals surface area contributed by atoms with Gasteiger partial charge in [-0.25, -0.2) is 9.97 Å². The van der Waals surface area contributed by atoms with Crippen molar-refractivity contribution in [1.29, 1.82) is 5.26 Å². The summed E-state index contributed by atoms with van der Waals surface area (Å²) in [4.78, 5) is 24.0. The average Bonchev–Trinajstić information content (AvgIpc) is 3.22. The van der Waals surface area contributed by atoms with Crippen LogP contribution in [0.5, 0.6) is 0 Å². The van der Waals surface area contributed by atoms with E-state index >= 15 is 0 Å². The Morgan fingerprint density at radius 1 is 1.30 bits per heavy atom. The smallest absolute Gasteiger partial charge is 0.234 e. The van der Waals surface area contributed by atoms with E-state index in [9.17, 15) is 4.79 Å². The van der Waals surface area contributed by atoms with Crippen LogP contribution >= 0.6 is 23.1 Å². The number of thiophene rings is 1. The van der Waals surface area contributed by atoms with Crippen LogP contribution in [0.3, 0.4) is 0 Å². The van der Waals surface area contributed by atoms with Crippen LogP contribution in [0.25, 0.3) is 10.2 Å². The van der Waals surface area contributed by atoms with Gasteiger partial charge < -0.3 is 5.32 Å². The summed E-state index contributed by atoms with van der Waals surface area (Å²) >= 11 is 3.24. The Hall–Kier alpha value is -2.43. The van der Waals surface area contributed by atoms with Crippen molar-refractivity contribution in [3.63, 3.8) is 0 Å². The fourth-order valence-electron chi connectivity index (χ4n) is 3.30. The van der Waals surface area contributed by atoms with Gasteiger partial charge in [0.25, 0.3) is 0 Å². The number of amides is 1. The van der Waals surface area contributed by atoms with Gasteiger partial charge in [-0.15, -0.1) is 11.3 Å². The molecule has 136 valence electrons. The van der Waals surface area contributed by atoms with E-state index in [1.807, 2.05) is 31.2 Å². The van der Waals surface area contributed by atoms with E-state index in [1.54, 1.807) is 11.3 Å². The number of anilines is 1. The molecule has 0 aliphatic heterocycles. The Morgan fingerprint density at radius 2 is 2.11 bits per heavy atom. The minimum atomic E-state index is -0.0654. The Kier molecular flexibility index (Phi) is 5.10. The van der Waals surface area contributed by atoms with Crippen LogP contribution in [0, 0.1) is 18.3 Å². The minimum absolute atomic E-state index is 0.0654. The first-order valence-corrected chi connectivity index (χ1v) is 10.6. The molecule has 3 aromatic rings. The van der Waals surface area contributed by atoms with Gasteiger partial charge in [0.15, 0.2) is 0 Å². The second kappa shape index (κ2) is 7.67. The molecule has 0 saturated heterocycles. The zero-order valence-corrected chi connectivity index (χ0v) is 16.5. The maximum absolute atomic E-state index is 12.4. The summed E-state index contributed by atoms with van der Waals surface area (Å²) in [5.74, 6) is 0.985. The van der Waals surface area contributed by atoms with Gasteiger partial charge in [0, 0.05) is 16.0 Å². The standard InChI is InChI=1S/C20H18N4OS2/c1-12-22-19(18-15-3-2-4-16(15)27-20(18)23-12)26-11-17(25)24-14-7-5-13(6-8-14)9-10-21/h5-8H,2-4,9,11H2,1H3,(H,24,25). The molecule has 0 atom stereocenters. The number of thioether (sulfide) groups is 1. The number of rotatable bonds is 5. The summed E-state index contributed by atoms with van der Waals surface area (Å²) in [6, 6.07) is 9.49. The van der Waals surface area contributed by atoms with Crippen LogP contribution in [0.1, 0.15) is 28.2 Å². The first-order valence-electron chi connectivity index (χ1n) is 8.81. The maximum atomic E-state index is 12.4. The number of aryl methyl sites for hydroxylation is 3. The number of benzene rings is 1. The molecule has 1 aliphatic rings. The molecular weight excluding hydrogens is 376 g/mol. The van der Waals surface area contributed by atoms with Gasteiger partial charge in [-0.3, -0.25) is 4.79 Å². The summed E-state index contributed by atoms with van der Waals surface area (Å²) in [7, 11) is 0. The molecule has 1 aromatic carbocycles. The first kappa shape index (κ1) is 18.0. The topological polar surface area (TPSA) is 78.7 Å². The highest BCUT2D eigenvalue weighted by Crippen LogP contribution is 2.40. The maximum Gasteiger partial charge on any atom is 0.234 e. The third-order valence-electron chi connectivity index (χ3n) is 4.50. The van der Waals surface area contributed by atoms with Gasteiger partial charge in [0.05, 0.1) is 18.2 Å². The van der Waals surface area contributed by atoms with Crippen LogP contribution in [0.2, 0.25) is 0 Å². The lowest BCUT2D eigenvalue weighted by atomic mass is 10.1. The van der Waals surface area contributed by atoms with Crippen molar-refractivity contribution >= 4 is 44.9 Å². The van der Waals surface area contributed by atoms with Gasteiger partial charge in [0.1, 0.15) is 15.7 Å². The molecule has 7 heteroatoms. The lowest BCUT2D eigenvalue weighted by molar-refractivity contribution is -0.113. The second-order valence-corrected chi connectivity index (χ2v) is 8.53. The van der Waals surface area contributed by atoms with Gasteiger partial charge in [0.2, 0.25) is 5.91 Å². The number of aromatic nitrogens is 2. The molecule has 1 amide bonds. The molecule has 2 aromatic heterocycles. The summed E-state index contributed by atoms with van der Waals surface area (Å²) in [6.45, 7) is 1.90. The number of fused-ring (bicyclic) bond motifs is 3. The molecule has 27 heavy (non-hydrogen) atoms. The highest BCUT2D eigenvalue weighted by Gasteiger charge is 2.22. The highest BCUT2D eigenvalue weighted by atomic mass is 32.2. The second-order valence-electron chi connectivity index (χ2n) is 6.48. The lowest BCUT2D eigenvalue weighted by Gasteiger charge is -2.07. The summed E-state index contributed by atoms with van der Waals surface area (Å²) in [6.07, 6.45) is 3.77. The zero-order valence-electron chi connectivity index (χ0n) is 14.9. The van der Waals surface area contributed by atoms with Crippen LogP contribution in [0.4, 0.5) is 5.69 Å². The molecule has 0 spiro atoms. The van der Waals surface area contributed by atoms with Crippen molar-refractivity contribution in [2.24, 2.45) is 0 Å². The van der Waals surface area contributed by atoms with Crippen molar-refractivity contribution in [3.8, 4) is 6.07 Å². The van der Waals surface area contributed by atoms with Crippen molar-refractivity contribution in [3.05, 3.63) is 46.1 Å². The van der Waals surface area contributed by atoms with E-state index in [1.165, 1.54) is 28.6 Å². The summed E-state index contributed by atoms with van der Waals surface area (Å²) < 4.78 is 0. The molecule has 5 nitrogen and oxygen atoms in total. The molecule has 0 fully saturated rings. The number of nitriles is 1. The molecule has 1 N–H and O–H groups in total. The Morgan fingerprint density at radius 3 is 2.89 bits per heavy atom. The van der Waals surface area contributed by atoms with E-state index in [0.29, 0.717) is 12.2 Å². The number of nitrogens with one attached hydrogen (secondary N) is 1. The fourth-order valence-corrected chi connectivity index (χ4v) is 5.57. The normalized spacial score (nSPS) is 12.7. The predicted molar refractivity (Wildman–Crippen MR) is 109 cm³/mol.